The fourth-order valence-electron chi connectivity index (χ4n) is 11.9. The Labute approximate surface area is 746 Å². The van der Waals surface area contributed by atoms with E-state index >= 15 is 0 Å². The first-order valence-electron chi connectivity index (χ1n) is 43.8. The zero-order valence-corrected chi connectivity index (χ0v) is 75.3. The van der Waals surface area contributed by atoms with Gasteiger partial charge in [-0.25, -0.2) is 29.9 Å². The van der Waals surface area contributed by atoms with E-state index in [1.807, 2.05) is 55.4 Å². The van der Waals surface area contributed by atoms with E-state index in [1.165, 1.54) is 0 Å². The molecule has 0 amide bonds. The van der Waals surface area contributed by atoms with Crippen molar-refractivity contribution in [3.05, 3.63) is 48.5 Å². The van der Waals surface area contributed by atoms with Crippen LogP contribution in [-0.4, -0.2) is 358 Å². The van der Waals surface area contributed by atoms with Gasteiger partial charge in [-0.15, -0.1) is 0 Å². The van der Waals surface area contributed by atoms with Gasteiger partial charge in [0.15, 0.2) is 124 Å². The Morgan fingerprint density at radius 1 is 0.164 bits per heavy atom. The summed E-state index contributed by atoms with van der Waals surface area (Å²) in [4.78, 5) is 39.5. The summed E-state index contributed by atoms with van der Waals surface area (Å²) in [6.45, 7) is 28.4. The molecule has 0 radical (unpaired) electrons. The Kier molecular flexibility index (Phi) is 52.1. The molecule has 0 spiro atoms. The normalized spacial score (nSPS) is 11.8. The smallest absolute Gasteiger partial charge is 0.189 e. The van der Waals surface area contributed by atoms with Crippen LogP contribution >= 0.6 is 0 Å². The second-order valence-corrected chi connectivity index (χ2v) is 26.8. The molecule has 4 aromatic carbocycles. The minimum Gasteiger partial charge on any atom is -0.464 e. The van der Waals surface area contributed by atoms with Gasteiger partial charge in [0, 0.05) is 96.7 Å². The molecule has 9 rings (SSSR count). The van der Waals surface area contributed by atoms with Gasteiger partial charge in [-0.3, -0.25) is 0 Å². The van der Waals surface area contributed by atoms with Crippen molar-refractivity contribution >= 4 is 44.1 Å². The van der Waals surface area contributed by atoms with E-state index in [4.69, 9.17) is 181 Å². The van der Waals surface area contributed by atoms with E-state index in [1.54, 1.807) is 48.5 Å². The summed E-state index contributed by atoms with van der Waals surface area (Å²) in [7, 11) is 0. The predicted molar refractivity (Wildman–Crippen MR) is 466 cm³/mol. The van der Waals surface area contributed by atoms with Gasteiger partial charge in [0.2, 0.25) is 0 Å². The highest BCUT2D eigenvalue weighted by atomic mass is 16.7. The molecule has 2 aliphatic heterocycles. The number of aromatic nitrogens is 8. The molecule has 128 heavy (non-hydrogen) atoms. The quantitative estimate of drug-likeness (QED) is 0.0264. The highest BCUT2D eigenvalue weighted by Crippen LogP contribution is 2.46. The number of nitrogens with one attached hydrogen (secondary N) is 2. The van der Waals surface area contributed by atoms with Gasteiger partial charge < -0.3 is 162 Å². The number of ether oxygens (including phenoxy) is 32. The first-order chi connectivity index (χ1) is 63.3. The van der Waals surface area contributed by atoms with Crippen molar-refractivity contribution in [1.82, 2.24) is 39.9 Å². The Balaban J connectivity index is 1.28. The van der Waals surface area contributed by atoms with Crippen molar-refractivity contribution in [3.63, 3.8) is 0 Å². The Bertz CT molecular complexity index is 3830. The monoisotopic (exact) mass is 1810 g/mol. The lowest BCUT2D eigenvalue weighted by Gasteiger charge is -2.15. The van der Waals surface area contributed by atoms with Crippen LogP contribution in [0.25, 0.3) is 89.7 Å². The molecule has 0 aliphatic carbocycles. The van der Waals surface area contributed by atoms with E-state index in [0.29, 0.717) is 202 Å². The lowest BCUT2D eigenvalue weighted by molar-refractivity contribution is -0.0348. The molecule has 714 valence electrons. The molecule has 2 aliphatic rings. The molecule has 5 heterocycles. The predicted octanol–water partition coefficient (Wildman–Crippen LogP) is 10.1. The fraction of sp³-hybridized carbons (Fsp3) is 0.636. The van der Waals surface area contributed by atoms with Gasteiger partial charge in [-0.1, -0.05) is 0 Å². The molecule has 7 aromatic rings. The van der Waals surface area contributed by atoms with E-state index in [2.05, 4.69) is 9.97 Å². The maximum absolute atomic E-state index is 6.50. The number of aromatic amines is 2. The molecule has 0 saturated heterocycles. The average molecular weight is 1810 g/mol. The van der Waals surface area contributed by atoms with Crippen molar-refractivity contribution in [2.75, 3.05) is 319 Å². The minimum atomic E-state index is -0.229. The van der Waals surface area contributed by atoms with E-state index in [-0.39, 0.29) is 252 Å². The average Bonchev–Trinajstić information content (AvgIpc) is 1.59. The zero-order valence-electron chi connectivity index (χ0n) is 75.3. The Hall–Kier alpha value is -8.32. The maximum Gasteiger partial charge on any atom is 0.189 e. The summed E-state index contributed by atoms with van der Waals surface area (Å²) in [5.41, 5.74) is 2.73. The van der Waals surface area contributed by atoms with Crippen LogP contribution in [-0.2, 0) is 114 Å². The molecule has 0 fully saturated rings. The van der Waals surface area contributed by atoms with E-state index in [9.17, 15) is 0 Å². The summed E-state index contributed by atoms with van der Waals surface area (Å²) in [6, 6.07) is 14.0. The summed E-state index contributed by atoms with van der Waals surface area (Å²) >= 11 is 0. The Morgan fingerprint density at radius 3 is 0.445 bits per heavy atom. The summed E-state index contributed by atoms with van der Waals surface area (Å²) in [5, 5.41) is 1.88. The number of hydrogen-bond donors (Lipinski definition) is 2. The molecule has 0 unspecified atom stereocenters. The van der Waals surface area contributed by atoms with Gasteiger partial charge in [0.25, 0.3) is 0 Å². The lowest BCUT2D eigenvalue weighted by Crippen LogP contribution is -2.13. The molecular weight excluding hydrogens is 1680 g/mol. The zero-order chi connectivity index (χ0) is 89.7. The third kappa shape index (κ3) is 37.1. The van der Waals surface area contributed by atoms with Gasteiger partial charge in [0.1, 0.15) is 22.6 Å². The van der Waals surface area contributed by atoms with Crippen LogP contribution in [0.15, 0.2) is 48.5 Å². The van der Waals surface area contributed by atoms with Crippen LogP contribution in [0, 0.1) is 0 Å². The van der Waals surface area contributed by atoms with Crippen LogP contribution in [0.3, 0.4) is 0 Å². The maximum atomic E-state index is 6.50. The molecule has 40 nitrogen and oxygen atoms in total. The van der Waals surface area contributed by atoms with Gasteiger partial charge in [-0.2, -0.15) is 0 Å². The molecule has 8 bridgehead atoms. The highest BCUT2D eigenvalue weighted by molar-refractivity contribution is 6.08. The number of nitrogens with zero attached hydrogens (tertiary/aromatic N) is 6. The van der Waals surface area contributed by atoms with Gasteiger partial charge >= 0.3 is 0 Å². The third-order valence-electron chi connectivity index (χ3n) is 18.1. The van der Waals surface area contributed by atoms with Crippen molar-refractivity contribution in [1.29, 1.82) is 0 Å². The van der Waals surface area contributed by atoms with E-state index in [0.717, 1.165) is 0 Å². The van der Waals surface area contributed by atoms with Crippen LogP contribution in [0.2, 0.25) is 0 Å². The standard InChI is InChI=1S/C88H130N8O32/c1-9-97-17-25-105-33-41-113-57-121-73-49-65-66(50-74(73)122-58-114-42-34-106-26-18-98-10-2)82-89-81(65)93-83-67-51-75(123-59-115-43-35-107-27-19-99-11-3)76(124-60-116-44-36-108-28-20-100-12-4)52-68(67)85(90-83)95-87-71-55-79(127-63-119-47-39-111-31-23-103-15-7)80(128-64-120-48-40-112-32-24-104-16-8)56-72(71)88(92-87)96-86-70-54-78(126-62-118-46-38-110-30-22-102-14-6)77(53-69(70)84(91-86)94-82)125-61-117-45-37-109-29-21-101-13-5/h49-56H,9-48,57-64H2,1-8H3,(H2,89,90,91,92,93,94,95,96). The number of hydrogen-bond acceptors (Lipinski definition) is 38. The van der Waals surface area contributed by atoms with Crippen molar-refractivity contribution in [2.45, 2.75) is 55.4 Å². The van der Waals surface area contributed by atoms with Gasteiger partial charge in [-0.05, 0) is 104 Å². The van der Waals surface area contributed by atoms with Crippen LogP contribution in [0.1, 0.15) is 55.4 Å². The van der Waals surface area contributed by atoms with Crippen LogP contribution in [0.4, 0.5) is 0 Å². The molecule has 40 heteroatoms. The van der Waals surface area contributed by atoms with E-state index < -0.39 is 0 Å². The summed E-state index contributed by atoms with van der Waals surface area (Å²) in [5.74, 6) is 2.49. The molecule has 0 atom stereocenters. The fourth-order valence-corrected chi connectivity index (χ4v) is 11.9. The van der Waals surface area contributed by atoms with Crippen molar-refractivity contribution < 1.29 is 152 Å². The molecular formula is C88H130N8O32. The first kappa shape index (κ1) is 103. The van der Waals surface area contributed by atoms with Crippen molar-refractivity contribution in [3.8, 4) is 91.5 Å². The number of rotatable bonds is 80. The lowest BCUT2D eigenvalue weighted by atomic mass is 10.1. The van der Waals surface area contributed by atoms with Crippen LogP contribution in [0.5, 0.6) is 46.0 Å². The summed E-state index contributed by atoms with van der Waals surface area (Å²) < 4.78 is 190. The van der Waals surface area contributed by atoms with Gasteiger partial charge in [0.05, 0.1) is 211 Å². The third-order valence-corrected chi connectivity index (χ3v) is 18.1. The molecule has 0 saturated carbocycles. The number of fused-ring (bicyclic) bond motifs is 20. The largest absolute Gasteiger partial charge is 0.464 e. The molecule has 2 N–H and O–H groups in total. The minimum absolute atomic E-state index is 0.151. The number of benzene rings is 4. The summed E-state index contributed by atoms with van der Waals surface area (Å²) in [6.07, 6.45) is 0. The molecule has 3 aromatic heterocycles. The first-order valence-corrected chi connectivity index (χ1v) is 43.8. The van der Waals surface area contributed by atoms with Crippen molar-refractivity contribution in [2.24, 2.45) is 0 Å². The second kappa shape index (κ2) is 64.5. The Morgan fingerprint density at radius 2 is 0.297 bits per heavy atom. The van der Waals surface area contributed by atoms with Crippen LogP contribution < -0.4 is 37.9 Å². The topological polar surface area (TPSA) is 404 Å². The SMILES string of the molecule is CCOCCOCCOCOc1cc2c(cc1OCOCCOCCOCC)-c1nc-2nc2[nH]c(nc3nc(nc4[nH]c(n1)c1cc(OCOCCOCCOCC)c(OCOCCOCCOCC)cc41)-c1cc(OCOCCOCCOCC)c(OCOCCOCCOCC)cc1-3)c1cc(OCOCCOCCOCC)c(OCOCCOCCOCC)cc21. The highest BCUT2D eigenvalue weighted by Gasteiger charge is 2.29. The second-order valence-electron chi connectivity index (χ2n) is 26.8. The number of H-pyrrole nitrogens is 2.